The summed E-state index contributed by atoms with van der Waals surface area (Å²) in [5.74, 6) is -1.03. The Morgan fingerprint density at radius 1 is 1.62 bits per heavy atom. The smallest absolute Gasteiger partial charge is 0.328 e. The van der Waals surface area contributed by atoms with Crippen molar-refractivity contribution in [3.05, 3.63) is 28.5 Å². The molecule has 0 unspecified atom stereocenters. The van der Waals surface area contributed by atoms with Gasteiger partial charge in [-0.1, -0.05) is 0 Å². The highest BCUT2D eigenvalue weighted by atomic mass is 79.9. The van der Waals surface area contributed by atoms with Crippen molar-refractivity contribution >= 4 is 33.7 Å². The van der Waals surface area contributed by atoms with E-state index in [1.165, 1.54) is 6.08 Å². The van der Waals surface area contributed by atoms with Gasteiger partial charge in [-0.05, 0) is 34.1 Å². The van der Waals surface area contributed by atoms with Crippen LogP contribution < -0.4 is 5.73 Å². The Morgan fingerprint density at radius 3 is 2.92 bits per heavy atom. The molecule has 0 radical (unpaired) electrons. The predicted molar refractivity (Wildman–Crippen MR) is 53.0 cm³/mol. The number of nitrogen functional groups attached to an aromatic ring is 1. The molecule has 4 nitrogen and oxygen atoms in total. The summed E-state index contributed by atoms with van der Waals surface area (Å²) in [6.45, 7) is 0. The minimum absolute atomic E-state index is 0.441. The van der Waals surface area contributed by atoms with Crippen LogP contribution in [0.25, 0.3) is 6.08 Å². The maximum absolute atomic E-state index is 10.2. The van der Waals surface area contributed by atoms with E-state index in [1.54, 1.807) is 12.1 Å². The van der Waals surface area contributed by atoms with Crippen LogP contribution in [0.2, 0.25) is 0 Å². The fraction of sp³-hybridized carbons (Fsp3) is 0. The largest absolute Gasteiger partial charge is 0.478 e. The van der Waals surface area contributed by atoms with E-state index >= 15 is 0 Å². The first-order valence-corrected chi connectivity index (χ1v) is 4.22. The Kier molecular flexibility index (Phi) is 3.02. The lowest BCUT2D eigenvalue weighted by Gasteiger charge is -1.98. The van der Waals surface area contributed by atoms with E-state index in [4.69, 9.17) is 10.8 Å². The van der Waals surface area contributed by atoms with Gasteiger partial charge in [0.15, 0.2) is 0 Å². The fourth-order valence-electron chi connectivity index (χ4n) is 0.745. The molecule has 0 saturated carbocycles. The third-order valence-electron chi connectivity index (χ3n) is 1.31. The SMILES string of the molecule is Nc1ccc(Br)nc1/C=C/C(=O)O. The number of carboxylic acid groups (broad SMARTS) is 1. The second kappa shape index (κ2) is 4.04. The molecule has 0 fully saturated rings. The van der Waals surface area contributed by atoms with E-state index < -0.39 is 5.97 Å². The van der Waals surface area contributed by atoms with Gasteiger partial charge in [0.1, 0.15) is 4.60 Å². The van der Waals surface area contributed by atoms with Crippen LogP contribution in [0.15, 0.2) is 22.8 Å². The molecule has 0 spiro atoms. The van der Waals surface area contributed by atoms with Gasteiger partial charge in [-0.25, -0.2) is 9.78 Å². The van der Waals surface area contributed by atoms with E-state index in [9.17, 15) is 4.79 Å². The molecule has 1 aromatic rings. The number of aromatic nitrogens is 1. The highest BCUT2D eigenvalue weighted by Crippen LogP contribution is 2.14. The number of anilines is 1. The van der Waals surface area contributed by atoms with Crippen molar-refractivity contribution in [3.63, 3.8) is 0 Å². The fourth-order valence-corrected chi connectivity index (χ4v) is 1.07. The zero-order valence-electron chi connectivity index (χ0n) is 6.57. The number of carboxylic acids is 1. The average molecular weight is 243 g/mol. The molecule has 0 aliphatic heterocycles. The average Bonchev–Trinajstić information content (AvgIpc) is 2.06. The molecule has 0 aromatic carbocycles. The highest BCUT2D eigenvalue weighted by molar-refractivity contribution is 9.10. The van der Waals surface area contributed by atoms with E-state index in [1.807, 2.05) is 0 Å². The van der Waals surface area contributed by atoms with E-state index in [-0.39, 0.29) is 0 Å². The standard InChI is InChI=1S/C8H7BrN2O2/c9-7-3-1-5(10)6(11-7)2-4-8(12)13/h1-4H,10H2,(H,12,13)/b4-2+. The molecule has 1 aromatic heterocycles. The van der Waals surface area contributed by atoms with Crippen LogP contribution in [-0.4, -0.2) is 16.1 Å². The first-order chi connectivity index (χ1) is 6.09. The molecule has 3 N–H and O–H groups in total. The maximum atomic E-state index is 10.2. The highest BCUT2D eigenvalue weighted by Gasteiger charge is 1.98. The van der Waals surface area contributed by atoms with Crippen molar-refractivity contribution in [1.29, 1.82) is 0 Å². The van der Waals surface area contributed by atoms with Gasteiger partial charge in [0.05, 0.1) is 11.4 Å². The monoisotopic (exact) mass is 242 g/mol. The molecule has 5 heteroatoms. The molecule has 1 rings (SSSR count). The van der Waals surface area contributed by atoms with E-state index in [2.05, 4.69) is 20.9 Å². The number of halogens is 1. The number of nitrogens with two attached hydrogens (primary N) is 1. The molecule has 0 aliphatic rings. The molecule has 1 heterocycles. The lowest BCUT2D eigenvalue weighted by Crippen LogP contribution is -1.94. The van der Waals surface area contributed by atoms with Crippen LogP contribution in [0.4, 0.5) is 5.69 Å². The summed E-state index contributed by atoms with van der Waals surface area (Å²) in [5.41, 5.74) is 6.43. The quantitative estimate of drug-likeness (QED) is 0.609. The molecule has 68 valence electrons. The summed E-state index contributed by atoms with van der Waals surface area (Å²) < 4.78 is 0.617. The van der Waals surface area contributed by atoms with Gasteiger partial charge in [-0.2, -0.15) is 0 Å². The molecular weight excluding hydrogens is 236 g/mol. The van der Waals surface area contributed by atoms with Crippen molar-refractivity contribution in [1.82, 2.24) is 4.98 Å². The Balaban J connectivity index is 3.00. The third kappa shape index (κ3) is 2.87. The van der Waals surface area contributed by atoms with Crippen molar-refractivity contribution in [2.45, 2.75) is 0 Å². The van der Waals surface area contributed by atoms with E-state index in [0.717, 1.165) is 6.08 Å². The Hall–Kier alpha value is -1.36. The molecule has 0 aliphatic carbocycles. The molecule has 0 amide bonds. The van der Waals surface area contributed by atoms with Gasteiger partial charge in [-0.3, -0.25) is 0 Å². The lowest BCUT2D eigenvalue weighted by atomic mass is 10.3. The van der Waals surface area contributed by atoms with Crippen LogP contribution >= 0.6 is 15.9 Å². The Bertz CT molecular complexity index is 363. The predicted octanol–water partition coefficient (Wildman–Crippen LogP) is 1.52. The number of carbonyl (C=O) groups is 1. The van der Waals surface area contributed by atoms with Gasteiger partial charge in [-0.15, -0.1) is 0 Å². The van der Waals surface area contributed by atoms with Gasteiger partial charge < -0.3 is 10.8 Å². The molecule has 0 atom stereocenters. The van der Waals surface area contributed by atoms with Crippen LogP contribution in [-0.2, 0) is 4.79 Å². The van der Waals surface area contributed by atoms with Crippen molar-refractivity contribution in [2.24, 2.45) is 0 Å². The topological polar surface area (TPSA) is 76.2 Å². The number of hydrogen-bond acceptors (Lipinski definition) is 3. The van der Waals surface area contributed by atoms with Crippen molar-refractivity contribution in [2.75, 3.05) is 5.73 Å². The molecule has 0 bridgehead atoms. The van der Waals surface area contributed by atoms with Crippen LogP contribution in [0, 0.1) is 0 Å². The Morgan fingerprint density at radius 2 is 2.31 bits per heavy atom. The third-order valence-corrected chi connectivity index (χ3v) is 1.75. The van der Waals surface area contributed by atoms with Crippen LogP contribution in [0.1, 0.15) is 5.69 Å². The van der Waals surface area contributed by atoms with Crippen molar-refractivity contribution < 1.29 is 9.90 Å². The number of hydrogen-bond donors (Lipinski definition) is 2. The minimum Gasteiger partial charge on any atom is -0.478 e. The zero-order chi connectivity index (χ0) is 9.84. The minimum atomic E-state index is -1.03. The number of pyridine rings is 1. The summed E-state index contributed by atoms with van der Waals surface area (Å²) in [7, 11) is 0. The van der Waals surface area contributed by atoms with Gasteiger partial charge in [0.2, 0.25) is 0 Å². The summed E-state index contributed by atoms with van der Waals surface area (Å²) in [6, 6.07) is 3.34. The normalized spacial score (nSPS) is 10.5. The van der Waals surface area contributed by atoms with Gasteiger partial charge in [0, 0.05) is 6.08 Å². The lowest BCUT2D eigenvalue weighted by molar-refractivity contribution is -0.131. The van der Waals surface area contributed by atoms with Crippen LogP contribution in [0.5, 0.6) is 0 Å². The molecular formula is C8H7BrN2O2. The summed E-state index contributed by atoms with van der Waals surface area (Å²) in [6.07, 6.45) is 2.34. The van der Waals surface area contributed by atoms with Crippen LogP contribution in [0.3, 0.4) is 0 Å². The van der Waals surface area contributed by atoms with Crippen molar-refractivity contribution in [3.8, 4) is 0 Å². The van der Waals surface area contributed by atoms with Gasteiger partial charge >= 0.3 is 5.97 Å². The summed E-state index contributed by atoms with van der Waals surface area (Å²) >= 11 is 3.16. The number of nitrogens with zero attached hydrogens (tertiary/aromatic N) is 1. The maximum Gasteiger partial charge on any atom is 0.328 e. The van der Waals surface area contributed by atoms with E-state index in [0.29, 0.717) is 16.0 Å². The first kappa shape index (κ1) is 9.73. The molecule has 0 saturated heterocycles. The molecule has 13 heavy (non-hydrogen) atoms. The first-order valence-electron chi connectivity index (χ1n) is 3.42. The van der Waals surface area contributed by atoms with Gasteiger partial charge in [0.25, 0.3) is 0 Å². The second-order valence-corrected chi connectivity index (χ2v) is 3.09. The Labute approximate surface area is 83.2 Å². The number of rotatable bonds is 2. The summed E-state index contributed by atoms with van der Waals surface area (Å²) in [4.78, 5) is 14.2. The number of aliphatic carboxylic acids is 1. The summed E-state index contributed by atoms with van der Waals surface area (Å²) in [5, 5.41) is 8.37. The zero-order valence-corrected chi connectivity index (χ0v) is 8.15. The second-order valence-electron chi connectivity index (χ2n) is 2.28.